The maximum atomic E-state index is 6.14. The normalized spacial score (nSPS) is 25.0. The highest BCUT2D eigenvalue weighted by Crippen LogP contribution is 2.56. The van der Waals surface area contributed by atoms with Crippen LogP contribution < -0.4 is 15.8 Å². The average molecular weight is 445 g/mol. The number of hydrogen-bond acceptors (Lipinski definition) is 3. The largest absolute Gasteiger partial charge is 0.497 e. The van der Waals surface area contributed by atoms with Crippen LogP contribution in [-0.4, -0.2) is 31.8 Å². The minimum Gasteiger partial charge on any atom is -0.497 e. The first-order valence-electron chi connectivity index (χ1n) is 8.54. The molecule has 6 heteroatoms. The summed E-state index contributed by atoms with van der Waals surface area (Å²) in [4.78, 5) is 4.76. The van der Waals surface area contributed by atoms with Gasteiger partial charge in [-0.15, -0.1) is 24.0 Å². The van der Waals surface area contributed by atoms with Gasteiger partial charge in [-0.25, -0.2) is 4.99 Å². The number of halogens is 1. The highest BCUT2D eigenvalue weighted by molar-refractivity contribution is 14.0. The molecule has 3 rings (SSSR count). The summed E-state index contributed by atoms with van der Waals surface area (Å²) in [5.74, 6) is 1.28. The molecule has 24 heavy (non-hydrogen) atoms. The molecule has 134 valence electrons. The number of benzene rings is 1. The fourth-order valence-electron chi connectivity index (χ4n) is 4.08. The lowest BCUT2D eigenvalue weighted by Crippen LogP contribution is -2.56. The van der Waals surface area contributed by atoms with Crippen molar-refractivity contribution in [1.29, 1.82) is 0 Å². The molecule has 0 bridgehead atoms. The molecule has 0 aliphatic heterocycles. The highest BCUT2D eigenvalue weighted by Gasteiger charge is 2.56. The minimum atomic E-state index is 0. The molecule has 2 fully saturated rings. The second-order valence-electron chi connectivity index (χ2n) is 6.51. The lowest BCUT2D eigenvalue weighted by atomic mass is 9.61. The third kappa shape index (κ3) is 3.79. The van der Waals surface area contributed by atoms with Gasteiger partial charge in [0.1, 0.15) is 5.75 Å². The average Bonchev–Trinajstić information content (AvgIpc) is 3.07. The third-order valence-corrected chi connectivity index (χ3v) is 5.28. The van der Waals surface area contributed by atoms with E-state index in [0.717, 1.165) is 24.5 Å². The summed E-state index contributed by atoms with van der Waals surface area (Å²) < 4.78 is 11.2. The van der Waals surface area contributed by atoms with E-state index in [2.05, 4.69) is 12.2 Å². The molecule has 1 aromatic carbocycles. The number of hydrogen-bond donors (Lipinski definition) is 2. The van der Waals surface area contributed by atoms with Crippen molar-refractivity contribution in [2.24, 2.45) is 16.1 Å². The van der Waals surface area contributed by atoms with Gasteiger partial charge in [-0.2, -0.15) is 0 Å². The zero-order valence-electron chi connectivity index (χ0n) is 14.5. The van der Waals surface area contributed by atoms with Crippen LogP contribution in [0.2, 0.25) is 0 Å². The molecule has 0 radical (unpaired) electrons. The Morgan fingerprint density at radius 1 is 1.38 bits per heavy atom. The van der Waals surface area contributed by atoms with E-state index >= 15 is 0 Å². The number of nitrogens with one attached hydrogen (secondary N) is 1. The van der Waals surface area contributed by atoms with E-state index in [1.807, 2.05) is 24.3 Å². The summed E-state index contributed by atoms with van der Waals surface area (Å²) in [6.45, 7) is 2.85. The Hall–Kier alpha value is -1.02. The van der Waals surface area contributed by atoms with Gasteiger partial charge in [0.15, 0.2) is 5.96 Å². The van der Waals surface area contributed by atoms with E-state index in [4.69, 9.17) is 20.2 Å². The van der Waals surface area contributed by atoms with Crippen LogP contribution in [0, 0.1) is 5.41 Å². The number of guanidine groups is 1. The molecular weight excluding hydrogens is 417 g/mol. The molecule has 0 amide bonds. The Kier molecular flexibility index (Phi) is 6.74. The minimum absolute atomic E-state index is 0. The quantitative estimate of drug-likeness (QED) is 0.411. The SMILES string of the molecule is CCOC1CC(N=C(N)Nc2cccc(OC)c2)C12CCCC2.I. The molecule has 1 spiro atoms. The van der Waals surface area contributed by atoms with E-state index in [1.165, 1.54) is 25.7 Å². The zero-order chi connectivity index (χ0) is 16.3. The summed E-state index contributed by atoms with van der Waals surface area (Å²) >= 11 is 0. The Bertz CT molecular complexity index is 573. The van der Waals surface area contributed by atoms with Gasteiger partial charge in [-0.3, -0.25) is 0 Å². The van der Waals surface area contributed by atoms with E-state index in [1.54, 1.807) is 7.11 Å². The van der Waals surface area contributed by atoms with Crippen molar-refractivity contribution in [3.63, 3.8) is 0 Å². The first-order valence-corrected chi connectivity index (χ1v) is 8.54. The maximum absolute atomic E-state index is 6.14. The first-order chi connectivity index (χ1) is 11.2. The number of ether oxygens (including phenoxy) is 2. The van der Waals surface area contributed by atoms with Gasteiger partial charge in [0.2, 0.25) is 0 Å². The Morgan fingerprint density at radius 2 is 2.12 bits per heavy atom. The van der Waals surface area contributed by atoms with Gasteiger partial charge in [-0.1, -0.05) is 18.9 Å². The van der Waals surface area contributed by atoms with Crippen molar-refractivity contribution in [2.45, 2.75) is 51.2 Å². The van der Waals surface area contributed by atoms with Crippen LogP contribution >= 0.6 is 24.0 Å². The van der Waals surface area contributed by atoms with Crippen molar-refractivity contribution >= 4 is 35.6 Å². The van der Waals surface area contributed by atoms with Gasteiger partial charge in [0.05, 0.1) is 19.3 Å². The summed E-state index contributed by atoms with van der Waals surface area (Å²) in [5.41, 5.74) is 7.25. The van der Waals surface area contributed by atoms with E-state index in [9.17, 15) is 0 Å². The standard InChI is InChI=1S/C18H27N3O2.HI/c1-3-23-16-12-15(18(16)9-4-5-10-18)21-17(19)20-13-7-6-8-14(11-13)22-2;/h6-8,11,15-16H,3-5,9-10,12H2,1-2H3,(H3,19,20,21);1H. The third-order valence-electron chi connectivity index (χ3n) is 5.28. The molecule has 2 aliphatic carbocycles. The Morgan fingerprint density at radius 3 is 2.79 bits per heavy atom. The van der Waals surface area contributed by atoms with Crippen LogP contribution in [0.15, 0.2) is 29.3 Å². The molecule has 1 aromatic rings. The molecule has 2 saturated carbocycles. The lowest BCUT2D eigenvalue weighted by molar-refractivity contribution is -0.119. The second-order valence-corrected chi connectivity index (χ2v) is 6.51. The van der Waals surface area contributed by atoms with Crippen LogP contribution in [0.1, 0.15) is 39.0 Å². The van der Waals surface area contributed by atoms with Gasteiger partial charge in [0, 0.05) is 23.8 Å². The summed E-state index contributed by atoms with van der Waals surface area (Å²) in [7, 11) is 1.66. The fourth-order valence-corrected chi connectivity index (χ4v) is 4.08. The first kappa shape index (κ1) is 19.3. The van der Waals surface area contributed by atoms with E-state index in [0.29, 0.717) is 12.1 Å². The maximum Gasteiger partial charge on any atom is 0.193 e. The van der Waals surface area contributed by atoms with Crippen LogP contribution in [0.5, 0.6) is 5.75 Å². The molecule has 0 saturated heterocycles. The molecule has 2 atom stereocenters. The smallest absolute Gasteiger partial charge is 0.193 e. The van der Waals surface area contributed by atoms with E-state index in [-0.39, 0.29) is 35.4 Å². The monoisotopic (exact) mass is 445 g/mol. The summed E-state index contributed by atoms with van der Waals surface area (Å²) in [6.07, 6.45) is 6.30. The van der Waals surface area contributed by atoms with Gasteiger partial charge in [-0.05, 0) is 38.3 Å². The Labute approximate surface area is 161 Å². The van der Waals surface area contributed by atoms with Gasteiger partial charge < -0.3 is 20.5 Å². The molecule has 0 heterocycles. The van der Waals surface area contributed by atoms with Crippen molar-refractivity contribution in [3.8, 4) is 5.75 Å². The number of nitrogens with zero attached hydrogens (tertiary/aromatic N) is 1. The van der Waals surface area contributed by atoms with Gasteiger partial charge in [0.25, 0.3) is 0 Å². The van der Waals surface area contributed by atoms with Crippen molar-refractivity contribution < 1.29 is 9.47 Å². The van der Waals surface area contributed by atoms with Crippen molar-refractivity contribution in [1.82, 2.24) is 0 Å². The molecule has 2 aliphatic rings. The van der Waals surface area contributed by atoms with Crippen LogP contribution in [-0.2, 0) is 4.74 Å². The highest BCUT2D eigenvalue weighted by atomic mass is 127. The summed E-state index contributed by atoms with van der Waals surface area (Å²) in [6, 6.07) is 7.99. The Balaban J connectivity index is 0.00000208. The lowest BCUT2D eigenvalue weighted by Gasteiger charge is -2.52. The zero-order valence-corrected chi connectivity index (χ0v) is 16.8. The fraction of sp³-hybridized carbons (Fsp3) is 0.611. The van der Waals surface area contributed by atoms with E-state index < -0.39 is 0 Å². The van der Waals surface area contributed by atoms with Crippen LogP contribution in [0.4, 0.5) is 5.69 Å². The molecule has 2 unspecified atom stereocenters. The number of rotatable bonds is 5. The predicted molar refractivity (Wildman–Crippen MR) is 108 cm³/mol. The number of anilines is 1. The van der Waals surface area contributed by atoms with Crippen LogP contribution in [0.3, 0.4) is 0 Å². The number of methoxy groups -OCH3 is 1. The molecule has 3 N–H and O–H groups in total. The number of nitrogens with two attached hydrogens (primary N) is 1. The summed E-state index contributed by atoms with van der Waals surface area (Å²) in [5, 5.41) is 3.18. The molecule has 5 nitrogen and oxygen atoms in total. The predicted octanol–water partition coefficient (Wildman–Crippen LogP) is 3.78. The number of aliphatic imine (C=N–C) groups is 1. The van der Waals surface area contributed by atoms with Crippen molar-refractivity contribution in [3.05, 3.63) is 24.3 Å². The second kappa shape index (κ2) is 8.38. The van der Waals surface area contributed by atoms with Gasteiger partial charge >= 0.3 is 0 Å². The topological polar surface area (TPSA) is 68.9 Å². The van der Waals surface area contributed by atoms with Crippen LogP contribution in [0.25, 0.3) is 0 Å². The molecule has 0 aromatic heterocycles. The van der Waals surface area contributed by atoms with Crippen molar-refractivity contribution in [2.75, 3.05) is 19.0 Å². The molecular formula is C18H28IN3O2.